The zero-order valence-electron chi connectivity index (χ0n) is 9.87. The topological polar surface area (TPSA) is 51.8 Å². The van der Waals surface area contributed by atoms with Crippen LogP contribution in [0.1, 0.15) is 31.5 Å². The molecule has 0 saturated carbocycles. The molecule has 2 aromatic rings. The molecule has 5 heteroatoms. The first kappa shape index (κ1) is 11.5. The normalized spacial score (nSPS) is 12.0. The first-order valence-electron chi connectivity index (χ1n) is 5.07. The summed E-state index contributed by atoms with van der Waals surface area (Å²) in [6.07, 6.45) is 0. The van der Waals surface area contributed by atoms with Gasteiger partial charge in [0.05, 0.1) is 21.3 Å². The van der Waals surface area contributed by atoms with Crippen LogP contribution in [0.25, 0.3) is 10.6 Å². The molecule has 0 amide bonds. The maximum Gasteiger partial charge on any atom is 0.180 e. The number of hydrogen-bond acceptors (Lipinski definition) is 5. The SMILES string of the molecule is Cc1nc(C(C)(C)C)sc1-c1csc(N)n1. The molecule has 86 valence electrons. The van der Waals surface area contributed by atoms with Crippen molar-refractivity contribution in [2.75, 3.05) is 5.73 Å². The van der Waals surface area contributed by atoms with E-state index < -0.39 is 0 Å². The first-order chi connectivity index (χ1) is 7.38. The Bertz CT molecular complexity index is 506. The number of aromatic nitrogens is 2. The van der Waals surface area contributed by atoms with Gasteiger partial charge < -0.3 is 5.73 Å². The fourth-order valence-corrected chi connectivity index (χ4v) is 3.06. The van der Waals surface area contributed by atoms with E-state index in [4.69, 9.17) is 5.73 Å². The van der Waals surface area contributed by atoms with Gasteiger partial charge in [-0.15, -0.1) is 22.7 Å². The van der Waals surface area contributed by atoms with Gasteiger partial charge in [0.15, 0.2) is 5.13 Å². The molecule has 0 aliphatic rings. The van der Waals surface area contributed by atoms with Crippen molar-refractivity contribution < 1.29 is 0 Å². The number of rotatable bonds is 1. The van der Waals surface area contributed by atoms with Crippen molar-refractivity contribution in [3.05, 3.63) is 16.1 Å². The third kappa shape index (κ3) is 2.10. The summed E-state index contributed by atoms with van der Waals surface area (Å²) in [7, 11) is 0. The number of anilines is 1. The summed E-state index contributed by atoms with van der Waals surface area (Å²) in [5.41, 5.74) is 7.74. The average Bonchev–Trinajstić information content (AvgIpc) is 2.70. The van der Waals surface area contributed by atoms with Gasteiger partial charge in [-0.1, -0.05) is 20.8 Å². The Labute approximate surface area is 103 Å². The summed E-state index contributed by atoms with van der Waals surface area (Å²) < 4.78 is 0. The lowest BCUT2D eigenvalue weighted by molar-refractivity contribution is 0.584. The van der Waals surface area contributed by atoms with Crippen LogP contribution < -0.4 is 5.73 Å². The van der Waals surface area contributed by atoms with Gasteiger partial charge in [-0.2, -0.15) is 0 Å². The number of nitrogens with two attached hydrogens (primary N) is 1. The average molecular weight is 253 g/mol. The maximum absolute atomic E-state index is 5.65. The van der Waals surface area contributed by atoms with Crippen LogP contribution in [-0.2, 0) is 5.41 Å². The standard InChI is InChI=1S/C11H15N3S2/c1-6-8(7-5-15-10(12)14-7)16-9(13-6)11(2,3)4/h5H,1-4H3,(H2,12,14). The van der Waals surface area contributed by atoms with Crippen molar-refractivity contribution >= 4 is 27.8 Å². The number of nitrogen functional groups attached to an aromatic ring is 1. The van der Waals surface area contributed by atoms with Crippen molar-refractivity contribution in [2.24, 2.45) is 0 Å². The lowest BCUT2D eigenvalue weighted by Crippen LogP contribution is -2.10. The number of aryl methyl sites for hydroxylation is 1. The second-order valence-corrected chi connectivity index (χ2v) is 6.64. The predicted molar refractivity (Wildman–Crippen MR) is 71.1 cm³/mol. The summed E-state index contributed by atoms with van der Waals surface area (Å²) in [6, 6.07) is 0. The molecule has 2 aromatic heterocycles. The fourth-order valence-electron chi connectivity index (χ4n) is 1.35. The Morgan fingerprint density at radius 2 is 1.94 bits per heavy atom. The molecule has 0 fully saturated rings. The highest BCUT2D eigenvalue weighted by Crippen LogP contribution is 2.36. The highest BCUT2D eigenvalue weighted by molar-refractivity contribution is 7.16. The molecule has 0 saturated heterocycles. The number of thiazole rings is 2. The Morgan fingerprint density at radius 3 is 2.38 bits per heavy atom. The molecule has 2 heterocycles. The third-order valence-electron chi connectivity index (χ3n) is 2.19. The zero-order valence-corrected chi connectivity index (χ0v) is 11.5. The van der Waals surface area contributed by atoms with Crippen molar-refractivity contribution in [1.29, 1.82) is 0 Å². The molecule has 3 nitrogen and oxygen atoms in total. The molecule has 0 unspecified atom stereocenters. The van der Waals surface area contributed by atoms with E-state index in [1.165, 1.54) is 11.3 Å². The van der Waals surface area contributed by atoms with Gasteiger partial charge in [0.25, 0.3) is 0 Å². The summed E-state index contributed by atoms with van der Waals surface area (Å²) in [5, 5.41) is 3.74. The largest absolute Gasteiger partial charge is 0.375 e. The highest BCUT2D eigenvalue weighted by atomic mass is 32.1. The van der Waals surface area contributed by atoms with E-state index in [9.17, 15) is 0 Å². The number of hydrogen-bond donors (Lipinski definition) is 1. The Morgan fingerprint density at radius 1 is 1.25 bits per heavy atom. The zero-order chi connectivity index (χ0) is 11.9. The van der Waals surface area contributed by atoms with Gasteiger partial charge in [-0.25, -0.2) is 9.97 Å². The van der Waals surface area contributed by atoms with Crippen LogP contribution in [0.3, 0.4) is 0 Å². The highest BCUT2D eigenvalue weighted by Gasteiger charge is 2.21. The minimum atomic E-state index is 0.0925. The van der Waals surface area contributed by atoms with E-state index >= 15 is 0 Å². The van der Waals surface area contributed by atoms with Gasteiger partial charge >= 0.3 is 0 Å². The second kappa shape index (κ2) is 3.82. The van der Waals surface area contributed by atoms with Crippen LogP contribution in [0, 0.1) is 6.92 Å². The van der Waals surface area contributed by atoms with Gasteiger partial charge in [0.2, 0.25) is 0 Å². The summed E-state index contributed by atoms with van der Waals surface area (Å²) in [6.45, 7) is 8.54. The Kier molecular flexibility index (Phi) is 2.75. The molecule has 16 heavy (non-hydrogen) atoms. The molecule has 0 spiro atoms. The quantitative estimate of drug-likeness (QED) is 0.846. The second-order valence-electron chi connectivity index (χ2n) is 4.75. The minimum Gasteiger partial charge on any atom is -0.375 e. The van der Waals surface area contributed by atoms with E-state index in [1.54, 1.807) is 11.3 Å². The van der Waals surface area contributed by atoms with Gasteiger partial charge in [0, 0.05) is 10.8 Å². The molecule has 0 bridgehead atoms. The molecule has 0 aromatic carbocycles. The Balaban J connectivity index is 2.47. The minimum absolute atomic E-state index is 0.0925. The molecular formula is C11H15N3S2. The van der Waals surface area contributed by atoms with E-state index in [1.807, 2.05) is 12.3 Å². The van der Waals surface area contributed by atoms with Crippen LogP contribution in [0.5, 0.6) is 0 Å². The van der Waals surface area contributed by atoms with E-state index in [0.29, 0.717) is 5.13 Å². The van der Waals surface area contributed by atoms with Crippen molar-refractivity contribution in [3.63, 3.8) is 0 Å². The lowest BCUT2D eigenvalue weighted by Gasteiger charge is -2.13. The van der Waals surface area contributed by atoms with Crippen LogP contribution in [0.2, 0.25) is 0 Å². The van der Waals surface area contributed by atoms with E-state index in [2.05, 4.69) is 30.7 Å². The smallest absolute Gasteiger partial charge is 0.180 e. The molecule has 0 radical (unpaired) electrons. The van der Waals surface area contributed by atoms with E-state index in [-0.39, 0.29) is 5.41 Å². The van der Waals surface area contributed by atoms with Gasteiger partial charge in [-0.3, -0.25) is 0 Å². The molecule has 0 atom stereocenters. The lowest BCUT2D eigenvalue weighted by atomic mass is 9.98. The predicted octanol–water partition coefficient (Wildman–Crippen LogP) is 3.45. The Hall–Kier alpha value is -0.940. The summed E-state index contributed by atoms with van der Waals surface area (Å²) in [4.78, 5) is 10.1. The van der Waals surface area contributed by atoms with Gasteiger partial charge in [-0.05, 0) is 6.92 Å². The van der Waals surface area contributed by atoms with Crippen LogP contribution >= 0.6 is 22.7 Å². The first-order valence-corrected chi connectivity index (χ1v) is 6.77. The van der Waals surface area contributed by atoms with Crippen LogP contribution in [0.4, 0.5) is 5.13 Å². The molecule has 2 rings (SSSR count). The molecule has 0 aliphatic heterocycles. The monoisotopic (exact) mass is 253 g/mol. The van der Waals surface area contributed by atoms with Crippen molar-refractivity contribution in [2.45, 2.75) is 33.1 Å². The molecule has 0 aliphatic carbocycles. The van der Waals surface area contributed by atoms with Crippen molar-refractivity contribution in [3.8, 4) is 10.6 Å². The molecule has 2 N–H and O–H groups in total. The number of nitrogens with zero attached hydrogens (tertiary/aromatic N) is 2. The maximum atomic E-state index is 5.65. The third-order valence-corrected chi connectivity index (χ3v) is 4.47. The van der Waals surface area contributed by atoms with Gasteiger partial charge in [0.1, 0.15) is 0 Å². The molecular weight excluding hydrogens is 238 g/mol. The fraction of sp³-hybridized carbons (Fsp3) is 0.455. The van der Waals surface area contributed by atoms with E-state index in [0.717, 1.165) is 21.3 Å². The summed E-state index contributed by atoms with van der Waals surface area (Å²) >= 11 is 3.18. The van der Waals surface area contributed by atoms with Crippen LogP contribution in [0.15, 0.2) is 5.38 Å². The van der Waals surface area contributed by atoms with Crippen molar-refractivity contribution in [1.82, 2.24) is 9.97 Å². The summed E-state index contributed by atoms with van der Waals surface area (Å²) in [5.74, 6) is 0. The van der Waals surface area contributed by atoms with Crippen LogP contribution in [-0.4, -0.2) is 9.97 Å².